The zero-order valence-electron chi connectivity index (χ0n) is 9.11. The number of nitrogens with zero attached hydrogens (tertiary/aromatic N) is 3. The molecule has 2 aromatic heterocycles. The van der Waals surface area contributed by atoms with Crippen LogP contribution in [0, 0.1) is 0 Å². The van der Waals surface area contributed by atoms with Crippen molar-refractivity contribution < 1.29 is 14.7 Å². The summed E-state index contributed by atoms with van der Waals surface area (Å²) in [5, 5.41) is 0. The van der Waals surface area contributed by atoms with Gasteiger partial charge in [0.2, 0.25) is 0 Å². The summed E-state index contributed by atoms with van der Waals surface area (Å²) in [5.74, 6) is 4.29. The van der Waals surface area contributed by atoms with Crippen LogP contribution in [0.3, 0.4) is 0 Å². The smallest absolute Gasteiger partial charge is 0.284 e. The molecule has 2 heterocycles. The molecule has 0 unspecified atom stereocenters. The molecule has 0 aliphatic carbocycles. The van der Waals surface area contributed by atoms with Crippen molar-refractivity contribution in [3.05, 3.63) is 36.4 Å². The van der Waals surface area contributed by atoms with E-state index in [-0.39, 0.29) is 11.6 Å². The minimum Gasteiger partial charge on any atom is -0.364 e. The fourth-order valence-corrected chi connectivity index (χ4v) is 1.31. The molecule has 0 aromatic carbocycles. The summed E-state index contributed by atoms with van der Waals surface area (Å²) in [6.45, 7) is 0. The van der Waals surface area contributed by atoms with Gasteiger partial charge in [0.05, 0.1) is 0 Å². The number of pyridine rings is 1. The van der Waals surface area contributed by atoms with Gasteiger partial charge in [-0.15, -0.1) is 0 Å². The van der Waals surface area contributed by atoms with Crippen LogP contribution < -0.4 is 16.5 Å². The Hall–Kier alpha value is -2.58. The Morgan fingerprint density at radius 2 is 1.94 bits per heavy atom. The molecule has 18 heavy (non-hydrogen) atoms. The number of rotatable bonds is 4. The summed E-state index contributed by atoms with van der Waals surface area (Å²) < 4.78 is 0. The summed E-state index contributed by atoms with van der Waals surface area (Å²) in [6.07, 6.45) is 4.32. The first-order valence-corrected chi connectivity index (χ1v) is 4.83. The van der Waals surface area contributed by atoms with E-state index in [1.54, 1.807) is 6.07 Å². The molecule has 0 bridgehead atoms. The largest absolute Gasteiger partial charge is 0.364 e. The quantitative estimate of drug-likeness (QED) is 0.566. The summed E-state index contributed by atoms with van der Waals surface area (Å²) in [6, 6.07) is 3.08. The van der Waals surface area contributed by atoms with E-state index in [4.69, 9.17) is 11.6 Å². The highest BCUT2D eigenvalue weighted by Gasteiger charge is 2.11. The lowest BCUT2D eigenvalue weighted by molar-refractivity contribution is -0.214. The van der Waals surface area contributed by atoms with Crippen molar-refractivity contribution in [2.24, 2.45) is 11.6 Å². The number of carbonyl (C=O) groups excluding carboxylic acids is 1. The molecule has 0 aliphatic heterocycles. The second-order valence-electron chi connectivity index (χ2n) is 3.19. The molecule has 0 saturated heterocycles. The van der Waals surface area contributed by atoms with Gasteiger partial charge < -0.3 is 5.73 Å². The van der Waals surface area contributed by atoms with Crippen molar-refractivity contribution in [2.75, 3.05) is 0 Å². The summed E-state index contributed by atoms with van der Waals surface area (Å²) in [5.41, 5.74) is 6.21. The van der Waals surface area contributed by atoms with Gasteiger partial charge in [-0.3, -0.25) is 14.7 Å². The molecule has 0 radical (unpaired) electrons. The second-order valence-corrected chi connectivity index (χ2v) is 3.19. The fraction of sp³-hybridized carbons (Fsp3) is 0. The fourth-order valence-electron chi connectivity index (χ4n) is 1.31. The van der Waals surface area contributed by atoms with Crippen LogP contribution in [0.1, 0.15) is 10.5 Å². The van der Waals surface area contributed by atoms with Crippen molar-refractivity contribution in [3.8, 4) is 17.1 Å². The van der Waals surface area contributed by atoms with E-state index >= 15 is 0 Å². The lowest BCUT2D eigenvalue weighted by Gasteiger charge is -2.05. The first kappa shape index (κ1) is 11.9. The lowest BCUT2D eigenvalue weighted by Crippen LogP contribution is -2.12. The minimum absolute atomic E-state index is 0.0913. The van der Waals surface area contributed by atoms with Gasteiger partial charge in [0.15, 0.2) is 0 Å². The Morgan fingerprint density at radius 3 is 2.56 bits per heavy atom. The molecule has 0 atom stereocenters. The van der Waals surface area contributed by atoms with E-state index in [1.165, 1.54) is 24.7 Å². The van der Waals surface area contributed by atoms with Gasteiger partial charge in [-0.1, -0.05) is 4.99 Å². The van der Waals surface area contributed by atoms with E-state index in [0.717, 1.165) is 0 Å². The van der Waals surface area contributed by atoms with Crippen LogP contribution in [-0.2, 0) is 4.99 Å². The van der Waals surface area contributed by atoms with Crippen LogP contribution in [0.4, 0.5) is 0 Å². The van der Waals surface area contributed by atoms with Crippen molar-refractivity contribution in [3.63, 3.8) is 0 Å². The standard InChI is InChI=1S/C10H9N5O3/c11-9(16)7-2-1-6(5-15-7)8-10(17-18-12)14-4-3-13-8/h1-5H,12H2,(H2,11,16). The monoisotopic (exact) mass is 247 g/mol. The zero-order valence-corrected chi connectivity index (χ0v) is 9.11. The molecule has 8 nitrogen and oxygen atoms in total. The van der Waals surface area contributed by atoms with E-state index in [2.05, 4.69) is 24.8 Å². The van der Waals surface area contributed by atoms with Crippen molar-refractivity contribution in [1.82, 2.24) is 15.0 Å². The highest BCUT2D eigenvalue weighted by molar-refractivity contribution is 5.91. The molecule has 2 rings (SSSR count). The molecule has 0 fully saturated rings. The van der Waals surface area contributed by atoms with Crippen LogP contribution in [0.2, 0.25) is 0 Å². The second kappa shape index (κ2) is 5.17. The normalized spacial score (nSPS) is 10.1. The molecule has 0 aliphatic rings. The van der Waals surface area contributed by atoms with Gasteiger partial charge in [-0.05, 0) is 12.1 Å². The molecule has 1 amide bonds. The number of nitrogens with two attached hydrogens (primary N) is 2. The maximum absolute atomic E-state index is 10.9. The number of primary amides is 1. The van der Waals surface area contributed by atoms with Gasteiger partial charge in [0.1, 0.15) is 11.4 Å². The van der Waals surface area contributed by atoms with Crippen molar-refractivity contribution in [1.29, 1.82) is 0 Å². The Balaban J connectivity index is 2.39. The van der Waals surface area contributed by atoms with E-state index in [0.29, 0.717) is 11.3 Å². The predicted molar refractivity (Wildman–Crippen MR) is 59.7 cm³/mol. The third-order valence-corrected chi connectivity index (χ3v) is 2.08. The van der Waals surface area contributed by atoms with Gasteiger partial charge in [0, 0.05) is 24.2 Å². The number of carbonyl (C=O) groups is 1. The summed E-state index contributed by atoms with van der Waals surface area (Å²) in [4.78, 5) is 31.4. The molecule has 2 aromatic rings. The third kappa shape index (κ3) is 2.39. The van der Waals surface area contributed by atoms with E-state index < -0.39 is 5.91 Å². The van der Waals surface area contributed by atoms with E-state index in [1.807, 2.05) is 0 Å². The van der Waals surface area contributed by atoms with Crippen LogP contribution in [0.25, 0.3) is 11.3 Å². The van der Waals surface area contributed by atoms with Crippen LogP contribution in [-0.4, -0.2) is 20.9 Å². The maximum atomic E-state index is 10.9. The molecular weight excluding hydrogens is 238 g/mol. The Labute approximate surface area is 101 Å². The topological polar surface area (TPSA) is 126 Å². The lowest BCUT2D eigenvalue weighted by atomic mass is 10.2. The number of amides is 1. The minimum atomic E-state index is -0.609. The van der Waals surface area contributed by atoms with Crippen LogP contribution in [0.5, 0.6) is 5.88 Å². The highest BCUT2D eigenvalue weighted by atomic mass is 17.3. The van der Waals surface area contributed by atoms with Gasteiger partial charge in [-0.25, -0.2) is 9.97 Å². The third-order valence-electron chi connectivity index (χ3n) is 2.08. The average Bonchev–Trinajstić information content (AvgIpc) is 2.40. The number of aromatic nitrogens is 3. The Bertz CT molecular complexity index is 558. The molecule has 4 N–H and O–H groups in total. The van der Waals surface area contributed by atoms with E-state index in [9.17, 15) is 4.79 Å². The van der Waals surface area contributed by atoms with Gasteiger partial charge >= 0.3 is 0 Å². The molecular formula is C10H9N5O3. The highest BCUT2D eigenvalue weighted by Crippen LogP contribution is 2.24. The van der Waals surface area contributed by atoms with Crippen LogP contribution in [0.15, 0.2) is 30.7 Å². The molecule has 8 heteroatoms. The van der Waals surface area contributed by atoms with Crippen LogP contribution >= 0.6 is 0 Å². The van der Waals surface area contributed by atoms with Crippen molar-refractivity contribution >= 4 is 5.91 Å². The first-order valence-electron chi connectivity index (χ1n) is 4.83. The molecule has 0 spiro atoms. The molecule has 92 valence electrons. The van der Waals surface area contributed by atoms with Crippen molar-refractivity contribution in [2.45, 2.75) is 0 Å². The SMILES string of the molecule is NOOc1nccnc1-c1ccc(C(N)=O)nc1. The number of hydrogen-bond donors (Lipinski definition) is 2. The maximum Gasteiger partial charge on any atom is 0.284 e. The Kier molecular flexibility index (Phi) is 3.41. The van der Waals surface area contributed by atoms with Gasteiger partial charge in [-0.2, -0.15) is 5.90 Å². The summed E-state index contributed by atoms with van der Waals surface area (Å²) >= 11 is 0. The predicted octanol–water partition coefficient (Wildman–Crippen LogP) is -0.178. The van der Waals surface area contributed by atoms with Gasteiger partial charge in [0.25, 0.3) is 11.8 Å². The number of hydrogen-bond acceptors (Lipinski definition) is 7. The summed E-state index contributed by atoms with van der Waals surface area (Å²) in [7, 11) is 0. The Morgan fingerprint density at radius 1 is 1.17 bits per heavy atom. The average molecular weight is 247 g/mol. The zero-order chi connectivity index (χ0) is 13.0. The first-order chi connectivity index (χ1) is 8.72. The molecule has 0 saturated carbocycles.